The lowest BCUT2D eigenvalue weighted by molar-refractivity contribution is 0.0988. The topological polar surface area (TPSA) is 113 Å². The fourth-order valence-corrected chi connectivity index (χ4v) is 2.41. The number of hydrogen-bond acceptors (Lipinski definition) is 5. The third kappa shape index (κ3) is 5.14. The highest BCUT2D eigenvalue weighted by molar-refractivity contribution is 7.88. The minimum absolute atomic E-state index is 0.207. The minimum Gasteiger partial charge on any atom is -0.399 e. The summed E-state index contributed by atoms with van der Waals surface area (Å²) in [5.41, 5.74) is 6.59. The van der Waals surface area contributed by atoms with E-state index < -0.39 is 22.7 Å². The average Bonchev–Trinajstić information content (AvgIpc) is 2.25. The predicted molar refractivity (Wildman–Crippen MR) is 64.6 cm³/mol. The van der Waals surface area contributed by atoms with Crippen molar-refractivity contribution in [2.75, 3.05) is 18.9 Å². The number of sulfonamides is 1. The highest BCUT2D eigenvalue weighted by atomic mass is 32.2. The van der Waals surface area contributed by atoms with E-state index in [0.717, 1.165) is 0 Å². The smallest absolute Gasteiger partial charge is 0.215 e. The summed E-state index contributed by atoms with van der Waals surface area (Å²) in [6.07, 6.45) is -1.09. The molecule has 0 fully saturated rings. The van der Waals surface area contributed by atoms with Gasteiger partial charge in [0, 0.05) is 12.2 Å². The van der Waals surface area contributed by atoms with Crippen molar-refractivity contribution in [3.8, 4) is 0 Å². The van der Waals surface area contributed by atoms with Gasteiger partial charge in [0.05, 0.1) is 18.5 Å². The molecular weight excluding hydrogens is 244 g/mol. The molecule has 1 unspecified atom stereocenters. The normalized spacial score (nSPS) is 13.5. The number of aliphatic hydroxyl groups excluding tert-OH is 2. The van der Waals surface area contributed by atoms with Gasteiger partial charge in [-0.25, -0.2) is 13.1 Å². The standard InChI is InChI=1S/C10H16N2O4S/c11-9-3-1-2-8(4-9)7-17(15,16)12-5-10(14)6-13/h1-4,10,12-14H,5-7,11H2. The zero-order valence-electron chi connectivity index (χ0n) is 9.20. The van der Waals surface area contributed by atoms with Gasteiger partial charge in [-0.15, -0.1) is 0 Å². The van der Waals surface area contributed by atoms with E-state index in [1.165, 1.54) is 0 Å². The third-order valence-corrected chi connectivity index (χ3v) is 3.38. The molecule has 0 radical (unpaired) electrons. The molecule has 1 rings (SSSR count). The Kier molecular flexibility index (Phi) is 4.88. The number of benzene rings is 1. The van der Waals surface area contributed by atoms with Crippen LogP contribution in [0, 0.1) is 0 Å². The summed E-state index contributed by atoms with van der Waals surface area (Å²) in [6, 6.07) is 6.56. The molecule has 0 heterocycles. The Labute approximate surface area is 100 Å². The fraction of sp³-hybridized carbons (Fsp3) is 0.400. The minimum atomic E-state index is -3.53. The molecule has 1 aromatic rings. The van der Waals surface area contributed by atoms with Gasteiger partial charge in [-0.2, -0.15) is 0 Å². The lowest BCUT2D eigenvalue weighted by Gasteiger charge is -2.10. The molecule has 1 atom stereocenters. The van der Waals surface area contributed by atoms with Crippen LogP contribution in [0.25, 0.3) is 0 Å². The number of nitrogens with two attached hydrogens (primary N) is 1. The van der Waals surface area contributed by atoms with Crippen LogP contribution in [0.1, 0.15) is 5.56 Å². The van der Waals surface area contributed by atoms with E-state index in [9.17, 15) is 8.42 Å². The molecule has 1 aromatic carbocycles. The summed E-state index contributed by atoms with van der Waals surface area (Å²) in [5.74, 6) is -0.212. The molecule has 0 aliphatic carbocycles. The van der Waals surface area contributed by atoms with Crippen molar-refractivity contribution in [1.82, 2.24) is 4.72 Å². The van der Waals surface area contributed by atoms with E-state index >= 15 is 0 Å². The molecule has 17 heavy (non-hydrogen) atoms. The van der Waals surface area contributed by atoms with Gasteiger partial charge in [-0.1, -0.05) is 12.1 Å². The summed E-state index contributed by atoms with van der Waals surface area (Å²) in [6.45, 7) is -0.693. The largest absolute Gasteiger partial charge is 0.399 e. The zero-order chi connectivity index (χ0) is 12.9. The van der Waals surface area contributed by atoms with E-state index in [2.05, 4.69) is 4.72 Å². The summed E-state index contributed by atoms with van der Waals surface area (Å²) in [5, 5.41) is 17.6. The highest BCUT2D eigenvalue weighted by Crippen LogP contribution is 2.09. The van der Waals surface area contributed by atoms with Crippen molar-refractivity contribution in [3.05, 3.63) is 29.8 Å². The zero-order valence-corrected chi connectivity index (χ0v) is 10.0. The first-order chi connectivity index (χ1) is 7.93. The van der Waals surface area contributed by atoms with Crippen molar-refractivity contribution >= 4 is 15.7 Å². The first kappa shape index (κ1) is 13.9. The number of aliphatic hydroxyl groups is 2. The molecule has 5 N–H and O–H groups in total. The Balaban J connectivity index is 2.61. The van der Waals surface area contributed by atoms with Crippen LogP contribution in [0.15, 0.2) is 24.3 Å². The third-order valence-electron chi connectivity index (χ3n) is 2.06. The first-order valence-corrected chi connectivity index (χ1v) is 6.69. The predicted octanol–water partition coefficient (Wildman–Crippen LogP) is -0.959. The van der Waals surface area contributed by atoms with E-state index in [0.29, 0.717) is 11.3 Å². The molecule has 0 aromatic heterocycles. The van der Waals surface area contributed by atoms with Crippen LogP contribution in [-0.4, -0.2) is 37.9 Å². The fourth-order valence-electron chi connectivity index (χ4n) is 1.24. The molecule has 6 nitrogen and oxygen atoms in total. The lowest BCUT2D eigenvalue weighted by Crippen LogP contribution is -2.34. The van der Waals surface area contributed by atoms with Gasteiger partial charge in [-0.3, -0.25) is 0 Å². The van der Waals surface area contributed by atoms with Crippen molar-refractivity contribution in [2.45, 2.75) is 11.9 Å². The highest BCUT2D eigenvalue weighted by Gasteiger charge is 2.13. The second-order valence-corrected chi connectivity index (χ2v) is 5.50. The SMILES string of the molecule is Nc1cccc(CS(=O)(=O)NCC(O)CO)c1. The molecule has 0 saturated heterocycles. The first-order valence-electron chi connectivity index (χ1n) is 5.03. The van der Waals surface area contributed by atoms with Crippen LogP contribution in [0.4, 0.5) is 5.69 Å². The Morgan fingerprint density at radius 3 is 2.71 bits per heavy atom. The molecule has 0 bridgehead atoms. The second-order valence-electron chi connectivity index (χ2n) is 3.69. The summed E-state index contributed by atoms with van der Waals surface area (Å²) in [4.78, 5) is 0. The van der Waals surface area contributed by atoms with Crippen molar-refractivity contribution in [2.24, 2.45) is 0 Å². The summed E-state index contributed by atoms with van der Waals surface area (Å²) in [7, 11) is -3.53. The summed E-state index contributed by atoms with van der Waals surface area (Å²) < 4.78 is 25.4. The van der Waals surface area contributed by atoms with Gasteiger partial charge in [0.15, 0.2) is 0 Å². The van der Waals surface area contributed by atoms with Crippen LogP contribution >= 0.6 is 0 Å². The average molecular weight is 260 g/mol. The Hall–Kier alpha value is -1.15. The van der Waals surface area contributed by atoms with Crippen molar-refractivity contribution in [3.63, 3.8) is 0 Å². The molecule has 0 aliphatic rings. The van der Waals surface area contributed by atoms with Crippen LogP contribution in [0.2, 0.25) is 0 Å². The summed E-state index contributed by atoms with van der Waals surface area (Å²) >= 11 is 0. The molecule has 96 valence electrons. The van der Waals surface area contributed by atoms with Crippen LogP contribution in [0.3, 0.4) is 0 Å². The maximum absolute atomic E-state index is 11.6. The number of hydrogen-bond donors (Lipinski definition) is 4. The van der Waals surface area contributed by atoms with E-state index in [1.54, 1.807) is 24.3 Å². The number of nitrogen functional groups attached to an aromatic ring is 1. The van der Waals surface area contributed by atoms with Crippen LogP contribution < -0.4 is 10.5 Å². The van der Waals surface area contributed by atoms with Gasteiger partial charge >= 0.3 is 0 Å². The van der Waals surface area contributed by atoms with Crippen molar-refractivity contribution in [1.29, 1.82) is 0 Å². The van der Waals surface area contributed by atoms with Gasteiger partial charge in [0.1, 0.15) is 0 Å². The van der Waals surface area contributed by atoms with Crippen LogP contribution in [-0.2, 0) is 15.8 Å². The second kappa shape index (κ2) is 5.97. The Morgan fingerprint density at radius 1 is 1.41 bits per heavy atom. The molecule has 0 spiro atoms. The molecule has 0 saturated carbocycles. The maximum atomic E-state index is 11.6. The number of rotatable bonds is 6. The van der Waals surface area contributed by atoms with E-state index in [1.807, 2.05) is 0 Å². The van der Waals surface area contributed by atoms with Crippen molar-refractivity contribution < 1.29 is 18.6 Å². The number of anilines is 1. The molecule has 7 heteroatoms. The van der Waals surface area contributed by atoms with E-state index in [-0.39, 0.29) is 12.3 Å². The number of nitrogens with one attached hydrogen (secondary N) is 1. The Morgan fingerprint density at radius 2 is 2.12 bits per heavy atom. The van der Waals surface area contributed by atoms with Gasteiger partial charge in [0.2, 0.25) is 10.0 Å². The molecule has 0 aliphatic heterocycles. The molecule has 0 amide bonds. The maximum Gasteiger partial charge on any atom is 0.215 e. The van der Waals surface area contributed by atoms with Gasteiger partial charge in [0.25, 0.3) is 0 Å². The van der Waals surface area contributed by atoms with Gasteiger partial charge in [-0.05, 0) is 17.7 Å². The van der Waals surface area contributed by atoms with Gasteiger partial charge < -0.3 is 15.9 Å². The monoisotopic (exact) mass is 260 g/mol. The van der Waals surface area contributed by atoms with E-state index in [4.69, 9.17) is 15.9 Å². The Bertz CT molecular complexity index is 461. The lowest BCUT2D eigenvalue weighted by atomic mass is 10.2. The quantitative estimate of drug-likeness (QED) is 0.492. The molecular formula is C10H16N2O4S. The van der Waals surface area contributed by atoms with Crippen LogP contribution in [0.5, 0.6) is 0 Å².